The number of aryl methyl sites for hydroxylation is 1. The lowest BCUT2D eigenvalue weighted by Crippen LogP contribution is -3.00. The maximum atomic E-state index is 13.5. The Balaban J connectivity index is -0.00000387. The minimum atomic E-state index is -4.43. The van der Waals surface area contributed by atoms with E-state index in [1.54, 1.807) is 6.20 Å². The Morgan fingerprint density at radius 1 is 0.872 bits per heavy atom. The number of carbonyl (C=O) groups is 2. The Morgan fingerprint density at radius 3 is 2.04 bits per heavy atom. The number of likely N-dealkylation sites (N-methyl/N-ethyl adjacent to an activating group) is 1. The molecule has 0 unspecified atom stereocenters. The third-order valence-electron chi connectivity index (χ3n) is 7.64. The summed E-state index contributed by atoms with van der Waals surface area (Å²) in [5, 5.41) is 3.72. The van der Waals surface area contributed by atoms with Crippen molar-refractivity contribution in [3.8, 4) is 0 Å². The number of Topliss-reactive ketones (excluding diaryl/α,β-unsaturated/α-hetero) is 1. The van der Waals surface area contributed by atoms with Gasteiger partial charge in [-0.05, 0) is 67.1 Å². The monoisotopic (exact) mass is 762 g/mol. The van der Waals surface area contributed by atoms with Crippen LogP contribution in [0.15, 0.2) is 60.8 Å². The van der Waals surface area contributed by atoms with Crippen LogP contribution in [0.1, 0.15) is 36.0 Å². The molecule has 2 atom stereocenters. The topological polar surface area (TPSA) is 137 Å². The summed E-state index contributed by atoms with van der Waals surface area (Å²) in [6, 6.07) is 12.4. The van der Waals surface area contributed by atoms with E-state index in [0.29, 0.717) is 42.4 Å². The average molecular weight is 765 g/mol. The largest absolute Gasteiger partial charge is 1.00 e. The van der Waals surface area contributed by atoms with Gasteiger partial charge in [-0.3, -0.25) is 14.6 Å². The number of hydrogen-bond acceptors (Lipinski definition) is 6. The number of amides is 1. The fourth-order valence-electron chi connectivity index (χ4n) is 5.11. The Labute approximate surface area is 305 Å². The molecular formula is C31H42Cl5F3N6O2-4. The summed E-state index contributed by atoms with van der Waals surface area (Å²) in [7, 11) is 2.07. The highest BCUT2D eigenvalue weighted by atomic mass is 35.5. The second-order valence-corrected chi connectivity index (χ2v) is 11.1. The lowest BCUT2D eigenvalue weighted by Gasteiger charge is -2.34. The molecule has 8 nitrogen and oxygen atoms in total. The van der Waals surface area contributed by atoms with E-state index in [1.165, 1.54) is 12.1 Å². The Kier molecular flexibility index (Phi) is 24.7. The van der Waals surface area contributed by atoms with Crippen LogP contribution in [0.2, 0.25) is 0 Å². The van der Waals surface area contributed by atoms with Gasteiger partial charge >= 0.3 is 6.18 Å². The highest BCUT2D eigenvalue weighted by Crippen LogP contribution is 2.29. The molecule has 0 radical (unpaired) electrons. The summed E-state index contributed by atoms with van der Waals surface area (Å²) in [6.07, 6.45) is -1.03. The van der Waals surface area contributed by atoms with Gasteiger partial charge in [0.25, 0.3) is 0 Å². The van der Waals surface area contributed by atoms with Crippen molar-refractivity contribution in [2.45, 2.75) is 50.4 Å². The molecule has 0 saturated carbocycles. The van der Waals surface area contributed by atoms with E-state index >= 15 is 0 Å². The number of quaternary nitrogens is 1. The number of pyridine rings is 1. The number of nitrogens with two attached hydrogens (primary N) is 3. The van der Waals surface area contributed by atoms with Crippen LogP contribution >= 0.6 is 0 Å². The number of fused-ring (bicyclic) bond motifs is 1. The highest BCUT2D eigenvalue weighted by Gasteiger charge is 2.30. The summed E-state index contributed by atoms with van der Waals surface area (Å²) in [4.78, 5) is 30.8. The molecule has 0 spiro atoms. The lowest BCUT2D eigenvalue weighted by atomic mass is 9.96. The van der Waals surface area contributed by atoms with Crippen molar-refractivity contribution in [2.75, 3.05) is 39.8 Å². The zero-order valence-corrected chi connectivity index (χ0v) is 29.7. The number of aromatic nitrogens is 1. The summed E-state index contributed by atoms with van der Waals surface area (Å²) < 4.78 is 39.6. The van der Waals surface area contributed by atoms with E-state index in [-0.39, 0.29) is 80.7 Å². The van der Waals surface area contributed by atoms with Crippen LogP contribution in [-0.2, 0) is 28.6 Å². The van der Waals surface area contributed by atoms with E-state index < -0.39 is 29.7 Å². The van der Waals surface area contributed by atoms with Gasteiger partial charge in [-0.15, -0.1) is 0 Å². The molecule has 3 rings (SSSR count). The molecule has 0 bridgehead atoms. The third-order valence-corrected chi connectivity index (χ3v) is 7.64. The second kappa shape index (κ2) is 23.4. The van der Waals surface area contributed by atoms with Gasteiger partial charge in [0.1, 0.15) is 0 Å². The molecule has 0 saturated heterocycles. The first-order valence-electron chi connectivity index (χ1n) is 14.3. The van der Waals surface area contributed by atoms with Crippen LogP contribution in [0.3, 0.4) is 0 Å². The minimum absolute atomic E-state index is 0. The van der Waals surface area contributed by atoms with Crippen molar-refractivity contribution in [2.24, 2.45) is 17.2 Å². The van der Waals surface area contributed by atoms with Gasteiger partial charge in [0.05, 0.1) is 49.8 Å². The number of ketones is 1. The molecular weight excluding hydrogens is 723 g/mol. The fraction of sp³-hybridized carbons (Fsp3) is 0.452. The number of rotatable bonds is 16. The number of nitrogens with one attached hydrogen (secondary N) is 1. The smallest absolute Gasteiger partial charge is 0.416 e. The van der Waals surface area contributed by atoms with Gasteiger partial charge < -0.3 is 89.0 Å². The zero-order chi connectivity index (χ0) is 30.8. The van der Waals surface area contributed by atoms with Crippen LogP contribution in [0.25, 0.3) is 10.9 Å². The van der Waals surface area contributed by atoms with Crippen molar-refractivity contribution >= 4 is 22.6 Å². The summed E-state index contributed by atoms with van der Waals surface area (Å²) in [5.41, 5.74) is 19.2. The number of benzene rings is 2. The Morgan fingerprint density at radius 2 is 1.47 bits per heavy atom. The van der Waals surface area contributed by atoms with Gasteiger partial charge in [0.15, 0.2) is 5.78 Å². The molecule has 0 aliphatic rings. The first kappa shape index (κ1) is 49.5. The number of alkyl halides is 3. The maximum absolute atomic E-state index is 13.5. The molecule has 0 fully saturated rings. The van der Waals surface area contributed by atoms with Crippen LogP contribution in [0.4, 0.5) is 13.2 Å². The molecule has 1 amide bonds. The minimum Gasteiger partial charge on any atom is -1.00 e. The molecule has 3 aromatic rings. The summed E-state index contributed by atoms with van der Waals surface area (Å²) in [5.74, 6) is -0.642. The second-order valence-electron chi connectivity index (χ2n) is 11.1. The SMILES string of the molecule is C[N+](CCN)(CCN)CCC[C@H](N)C(=O)N[C@H](CCc1ccc(C(F)(F)F)cc1)C(=O)Cc1ccc2ncccc2c1.[Cl-].[Cl-].[Cl-].[Cl-].[Cl-]. The van der Waals surface area contributed by atoms with Crippen molar-refractivity contribution in [1.82, 2.24) is 10.3 Å². The molecule has 1 aromatic heterocycles. The van der Waals surface area contributed by atoms with E-state index in [4.69, 9.17) is 17.2 Å². The maximum Gasteiger partial charge on any atom is 0.416 e. The highest BCUT2D eigenvalue weighted by molar-refractivity contribution is 5.92. The molecule has 7 N–H and O–H groups in total. The number of halogens is 8. The predicted octanol–water partition coefficient (Wildman–Crippen LogP) is -12.0. The lowest BCUT2D eigenvalue weighted by molar-refractivity contribution is -0.907. The number of nitrogens with zero attached hydrogens (tertiary/aromatic N) is 2. The Hall–Kier alpha value is -1.93. The van der Waals surface area contributed by atoms with Crippen LogP contribution in [0, 0.1) is 0 Å². The standard InChI is InChI=1S/C31H41F3N6O2.5ClH/c1-40(18-14-35,19-15-36)17-3-5-26(37)30(42)39-28(13-8-22-6-10-25(11-7-22)31(32,33)34)29(41)21-23-9-12-27-24(20-23)4-2-16-38-27;;;;;/h2,4,6-7,9-12,16,20,26,28H,3,5,8,13-15,17-19,21,35-37H2,1H3;5*1H/p-4/t26-,28+;;;;;/m0...../s1. The molecule has 0 aliphatic carbocycles. The van der Waals surface area contributed by atoms with Crippen LogP contribution < -0.4 is 84.6 Å². The van der Waals surface area contributed by atoms with Crippen molar-refractivity contribution in [3.05, 3.63) is 77.5 Å². The zero-order valence-electron chi connectivity index (χ0n) is 26.0. The quantitative estimate of drug-likeness (QED) is 0.107. The van der Waals surface area contributed by atoms with E-state index in [2.05, 4.69) is 17.3 Å². The molecule has 2 aromatic carbocycles. The van der Waals surface area contributed by atoms with E-state index in [1.807, 2.05) is 30.3 Å². The summed E-state index contributed by atoms with van der Waals surface area (Å²) in [6.45, 7) is 3.36. The van der Waals surface area contributed by atoms with Crippen molar-refractivity contribution in [3.63, 3.8) is 0 Å². The number of carbonyl (C=O) groups excluding carboxylic acids is 2. The first-order chi connectivity index (χ1) is 19.9. The number of hydrogen-bond donors (Lipinski definition) is 4. The van der Waals surface area contributed by atoms with Crippen molar-refractivity contribution < 1.29 is 89.3 Å². The van der Waals surface area contributed by atoms with Crippen LogP contribution in [-0.4, -0.2) is 73.0 Å². The predicted molar refractivity (Wildman–Crippen MR) is 158 cm³/mol. The summed E-state index contributed by atoms with van der Waals surface area (Å²) >= 11 is 0. The molecule has 47 heavy (non-hydrogen) atoms. The third kappa shape index (κ3) is 15.9. The van der Waals surface area contributed by atoms with Gasteiger partial charge in [0.2, 0.25) is 5.91 Å². The van der Waals surface area contributed by atoms with Gasteiger partial charge in [-0.2, -0.15) is 13.2 Å². The normalized spacial score (nSPS) is 12.1. The average Bonchev–Trinajstić information content (AvgIpc) is 2.95. The fourth-order valence-corrected chi connectivity index (χ4v) is 5.11. The van der Waals surface area contributed by atoms with E-state index in [9.17, 15) is 22.8 Å². The van der Waals surface area contributed by atoms with E-state index in [0.717, 1.165) is 48.2 Å². The Bertz CT molecular complexity index is 1330. The van der Waals surface area contributed by atoms with Gasteiger partial charge in [0, 0.05) is 31.1 Å². The van der Waals surface area contributed by atoms with Gasteiger partial charge in [-0.25, -0.2) is 0 Å². The molecule has 16 heteroatoms. The molecule has 1 heterocycles. The molecule has 268 valence electrons. The van der Waals surface area contributed by atoms with Crippen molar-refractivity contribution in [1.29, 1.82) is 0 Å². The first-order valence-corrected chi connectivity index (χ1v) is 14.3. The molecule has 0 aliphatic heterocycles. The van der Waals surface area contributed by atoms with Gasteiger partial charge in [-0.1, -0.05) is 24.3 Å². The van der Waals surface area contributed by atoms with Crippen LogP contribution in [0.5, 0.6) is 0 Å².